The molecule has 3 saturated carbocycles. The second kappa shape index (κ2) is 35.3. The molecule has 1 aromatic carbocycles. The number of hydrogen-bond acceptors (Lipinski definition) is 13. The monoisotopic (exact) mass is 1470 g/mol. The van der Waals surface area contributed by atoms with Crippen molar-refractivity contribution in [3.8, 4) is 0 Å². The first-order chi connectivity index (χ1) is 48.6. The highest BCUT2D eigenvalue weighted by Crippen LogP contribution is 2.39. The molecule has 0 aromatic heterocycles. The number of fused-ring (bicyclic) bond motifs is 2. The number of halogens is 4. The Labute approximate surface area is 610 Å². The van der Waals surface area contributed by atoms with Crippen LogP contribution in [-0.4, -0.2) is 263 Å². The van der Waals surface area contributed by atoms with Crippen LogP contribution in [0.3, 0.4) is 0 Å². The van der Waals surface area contributed by atoms with Crippen LogP contribution in [0, 0.1) is 23.7 Å². The summed E-state index contributed by atoms with van der Waals surface area (Å²) >= 11 is 6.20. The molecule has 7 fully saturated rings. The largest absolute Gasteiger partial charge is 0.417 e. The van der Waals surface area contributed by atoms with Crippen molar-refractivity contribution in [2.24, 2.45) is 23.7 Å². The summed E-state index contributed by atoms with van der Waals surface area (Å²) in [7, 11) is 8.68. The maximum atomic E-state index is 15.8. The smallest absolute Gasteiger partial charge is 0.377 e. The van der Waals surface area contributed by atoms with Gasteiger partial charge in [0.05, 0.1) is 29.7 Å². The van der Waals surface area contributed by atoms with Crippen LogP contribution in [0.5, 0.6) is 0 Å². The van der Waals surface area contributed by atoms with Crippen LogP contribution in [0.2, 0.25) is 5.02 Å². The number of ether oxygens (including phenoxy) is 1. The minimum atomic E-state index is -4.77. The zero-order valence-electron chi connectivity index (χ0n) is 62.5. The standard InChI is InChI=1S/C74H112ClF3N12O13/c1-13-45(5)61-70(100)83(8)46(6)65(95)89-36-31-54(89)68(98)85(10)57(39-47-23-16-15-17-24-47)67(97)82(7)43-59(91)79-53(30-28-48-27-29-51(52(75)38-48)74(76,77)78)66(96)90-42-50(103-14-2)40-56(90)64(94)81-73(32-20-21-33-73)72(102)87(12)62(49-25-18-19-26-49)71(101)86(11)58(69(99)88-34-22-35-88)41-60(92)84(9)55(37-44(3)4)63(93)80-61/h27,29,38,44-47,49-50,53-58,61-62H,13-26,28,30-37,39-43H2,1-12H3,(H,79,91)(H,80,93)(H,81,94)/t45-,46-,50+,53-,54-,55-,56-,57-,58-,61-,62-/m0/s1. The van der Waals surface area contributed by atoms with Crippen molar-refractivity contribution in [2.45, 2.75) is 255 Å². The number of aryl methyl sites for hydroxylation is 1. The normalized spacial score (nSPS) is 28.7. The van der Waals surface area contributed by atoms with E-state index in [0.29, 0.717) is 51.6 Å². The molecule has 12 amide bonds. The van der Waals surface area contributed by atoms with E-state index in [2.05, 4.69) is 16.0 Å². The number of rotatable bonds is 13. The molecule has 7 aliphatic rings. The number of benzene rings is 1. The fourth-order valence-corrected chi connectivity index (χ4v) is 16.6. The highest BCUT2D eigenvalue weighted by atomic mass is 35.5. The van der Waals surface area contributed by atoms with Crippen molar-refractivity contribution in [3.63, 3.8) is 0 Å². The predicted octanol–water partition coefficient (Wildman–Crippen LogP) is 5.80. The van der Waals surface area contributed by atoms with Crippen molar-refractivity contribution in [2.75, 3.05) is 81.6 Å². The van der Waals surface area contributed by atoms with Gasteiger partial charge < -0.3 is 64.8 Å². The van der Waals surface area contributed by atoms with Crippen molar-refractivity contribution < 1.29 is 75.4 Å². The van der Waals surface area contributed by atoms with Crippen molar-refractivity contribution in [1.29, 1.82) is 0 Å². The first-order valence-corrected chi connectivity index (χ1v) is 37.9. The van der Waals surface area contributed by atoms with Crippen LogP contribution >= 0.6 is 11.6 Å². The van der Waals surface area contributed by atoms with E-state index in [1.807, 2.05) is 20.8 Å². The summed E-state index contributed by atoms with van der Waals surface area (Å²) < 4.78 is 48.0. The Morgan fingerprint density at radius 3 is 1.90 bits per heavy atom. The Bertz CT molecular complexity index is 3270. The fourth-order valence-electron chi connectivity index (χ4n) is 16.3. The summed E-state index contributed by atoms with van der Waals surface area (Å²) in [4.78, 5) is 193. The molecule has 4 saturated heterocycles. The third kappa shape index (κ3) is 18.9. The lowest BCUT2D eigenvalue weighted by molar-refractivity contribution is -0.160. The van der Waals surface area contributed by atoms with Gasteiger partial charge in [0.1, 0.15) is 59.9 Å². The Kier molecular flexibility index (Phi) is 28.0. The van der Waals surface area contributed by atoms with E-state index in [1.54, 1.807) is 18.7 Å². The average Bonchev–Trinajstić information content (AvgIpc) is 1.74. The molecule has 0 radical (unpaired) electrons. The molecule has 4 heterocycles. The van der Waals surface area contributed by atoms with Gasteiger partial charge in [-0.15, -0.1) is 0 Å². The Morgan fingerprint density at radius 1 is 0.680 bits per heavy atom. The van der Waals surface area contributed by atoms with Gasteiger partial charge in [-0.25, -0.2) is 0 Å². The zero-order chi connectivity index (χ0) is 75.7. The highest BCUT2D eigenvalue weighted by molar-refractivity contribution is 6.31. The molecule has 25 nitrogen and oxygen atoms in total. The molecule has 0 bridgehead atoms. The molecule has 3 aliphatic carbocycles. The quantitative estimate of drug-likeness (QED) is 0.211. The number of alkyl halides is 3. The van der Waals surface area contributed by atoms with Crippen LogP contribution < -0.4 is 16.0 Å². The molecule has 29 heteroatoms. The topological polar surface area (TPSA) is 279 Å². The number of likely N-dealkylation sites (tertiary alicyclic amines) is 1. The number of carbonyl (C=O) groups excluding carboxylic acids is 12. The summed E-state index contributed by atoms with van der Waals surface area (Å²) in [6.07, 6.45) is 3.37. The SMILES string of the molecule is CCO[C@@H]1C[C@H]2C(=O)NC3(CCCC3)C(=O)N(C)[C@@H](C3CCCC3)C(=O)N(C)[C@H](C(=O)N3CCC3)CC(=O)N(C)[C@@H](CC(C)C)C(=O)N[C@@H]([C@@H](C)CC)C(=O)N(C)[C@@H](C)C(=O)N3CC[C@H]3C(=O)N(C)[C@@H](CC3CCCCC3)C(=O)N(C)CC(=O)N[C@@H](CCc3ccc(C(F)(F)F)c(Cl)c3)C(=O)N2C1. The van der Waals surface area contributed by atoms with Gasteiger partial charge in [-0.05, 0) is 119 Å². The molecule has 0 unspecified atom stereocenters. The van der Waals surface area contributed by atoms with Gasteiger partial charge in [0.15, 0.2) is 0 Å². The minimum Gasteiger partial charge on any atom is -0.377 e. The molecule has 1 aromatic rings. The van der Waals surface area contributed by atoms with E-state index in [9.17, 15) is 41.9 Å². The minimum absolute atomic E-state index is 0.0118. The second-order valence-electron chi connectivity index (χ2n) is 30.7. The summed E-state index contributed by atoms with van der Waals surface area (Å²) in [5, 5.41) is 8.22. The number of likely N-dealkylation sites (N-methyl/N-ethyl adjacent to an activating group) is 6. The van der Waals surface area contributed by atoms with Crippen LogP contribution in [0.15, 0.2) is 18.2 Å². The molecule has 103 heavy (non-hydrogen) atoms. The molecule has 3 N–H and O–H groups in total. The van der Waals surface area contributed by atoms with Crippen LogP contribution in [0.1, 0.15) is 188 Å². The van der Waals surface area contributed by atoms with Gasteiger partial charge in [-0.2, -0.15) is 13.2 Å². The summed E-state index contributed by atoms with van der Waals surface area (Å²) in [6, 6.07) is -7.98. The lowest BCUT2D eigenvalue weighted by atomic mass is 9.84. The van der Waals surface area contributed by atoms with E-state index in [4.69, 9.17) is 16.3 Å². The van der Waals surface area contributed by atoms with Crippen LogP contribution in [0.4, 0.5) is 13.2 Å². The van der Waals surface area contributed by atoms with E-state index in [-0.39, 0.29) is 88.5 Å². The van der Waals surface area contributed by atoms with Gasteiger partial charge >= 0.3 is 6.18 Å². The number of amides is 12. The summed E-state index contributed by atoms with van der Waals surface area (Å²) in [6.45, 7) is 10.9. The van der Waals surface area contributed by atoms with Gasteiger partial charge in [0.25, 0.3) is 0 Å². The molecule has 4 aliphatic heterocycles. The maximum Gasteiger partial charge on any atom is 0.417 e. The second-order valence-corrected chi connectivity index (χ2v) is 31.1. The molecule has 8 rings (SSSR count). The third-order valence-electron chi connectivity index (χ3n) is 23.3. The number of hydrogen-bond donors (Lipinski definition) is 3. The maximum absolute atomic E-state index is 15.8. The van der Waals surface area contributed by atoms with Crippen molar-refractivity contribution in [3.05, 3.63) is 34.3 Å². The lowest BCUT2D eigenvalue weighted by Gasteiger charge is -2.45. The van der Waals surface area contributed by atoms with Gasteiger partial charge in [-0.3, -0.25) is 57.5 Å². The van der Waals surface area contributed by atoms with Crippen molar-refractivity contribution in [1.82, 2.24) is 60.0 Å². The fraction of sp³-hybridized carbons (Fsp3) is 0.757. The number of nitrogens with one attached hydrogen (secondary N) is 3. The van der Waals surface area contributed by atoms with E-state index in [0.717, 1.165) is 62.0 Å². The molecule has 574 valence electrons. The summed E-state index contributed by atoms with van der Waals surface area (Å²) in [5.41, 5.74) is -2.41. The first-order valence-electron chi connectivity index (χ1n) is 37.5. The predicted molar refractivity (Wildman–Crippen MR) is 378 cm³/mol. The van der Waals surface area contributed by atoms with Gasteiger partial charge in [-0.1, -0.05) is 110 Å². The Morgan fingerprint density at radius 2 is 1.33 bits per heavy atom. The zero-order valence-corrected chi connectivity index (χ0v) is 63.2. The summed E-state index contributed by atoms with van der Waals surface area (Å²) in [5.74, 6) is -8.76. The Balaban J connectivity index is 1.19. The number of carbonyl (C=O) groups is 12. The van der Waals surface area contributed by atoms with E-state index < -0.39 is 178 Å². The molecular formula is C74H112ClF3N12O13. The van der Waals surface area contributed by atoms with Crippen LogP contribution in [-0.2, 0) is 74.9 Å². The third-order valence-corrected chi connectivity index (χ3v) is 23.6. The van der Waals surface area contributed by atoms with E-state index in [1.165, 1.54) is 89.6 Å². The highest BCUT2D eigenvalue weighted by Gasteiger charge is 2.53. The van der Waals surface area contributed by atoms with Gasteiger partial charge in [0, 0.05) is 81.5 Å². The van der Waals surface area contributed by atoms with Crippen molar-refractivity contribution >= 4 is 82.5 Å². The Hall–Kier alpha value is -7.10. The van der Waals surface area contributed by atoms with Gasteiger partial charge in [0.2, 0.25) is 70.9 Å². The van der Waals surface area contributed by atoms with Crippen LogP contribution in [0.25, 0.3) is 0 Å². The van der Waals surface area contributed by atoms with E-state index >= 15 is 28.8 Å². The lowest BCUT2D eigenvalue weighted by Crippen LogP contribution is -2.65. The molecule has 1 spiro atoms. The first kappa shape index (κ1) is 81.6. The average molecular weight is 1470 g/mol. The molecule has 11 atom stereocenters. The number of nitrogens with zero attached hydrogens (tertiary/aromatic N) is 9. The molecular weight excluding hydrogens is 1360 g/mol.